The Morgan fingerprint density at radius 2 is 2.25 bits per heavy atom. The fraction of sp³-hybridized carbons (Fsp3) is 0.917. The third kappa shape index (κ3) is 5.47. The number of carbonyl (C=O) groups is 1. The molecular weight excluding hydrogens is 206 g/mol. The Bertz CT molecular complexity index is 204. The fourth-order valence-corrected chi connectivity index (χ4v) is 1.79. The maximum atomic E-state index is 11.1. The zero-order valence-corrected chi connectivity index (χ0v) is 10.3. The molecule has 0 radical (unpaired) electrons. The van der Waals surface area contributed by atoms with E-state index in [4.69, 9.17) is 9.47 Å². The molecule has 0 aromatic heterocycles. The molecule has 1 fully saturated rings. The van der Waals surface area contributed by atoms with E-state index in [2.05, 4.69) is 5.32 Å². The summed E-state index contributed by atoms with van der Waals surface area (Å²) in [6, 6.07) is 0.465. The first-order chi connectivity index (χ1) is 7.77. The van der Waals surface area contributed by atoms with Crippen molar-refractivity contribution < 1.29 is 14.3 Å². The molecule has 1 saturated carbocycles. The minimum atomic E-state index is -0.0981. The lowest BCUT2D eigenvalue weighted by atomic mass is 10.2. The predicted octanol–water partition coefficient (Wildman–Crippen LogP) is 1.34. The van der Waals surface area contributed by atoms with Gasteiger partial charge in [0.2, 0.25) is 0 Å². The van der Waals surface area contributed by atoms with Crippen LogP contribution in [0.15, 0.2) is 0 Å². The van der Waals surface area contributed by atoms with Crippen LogP contribution in [0.1, 0.15) is 32.6 Å². The Labute approximate surface area is 97.7 Å². The molecule has 0 amide bonds. The Kier molecular flexibility index (Phi) is 6.42. The highest BCUT2D eigenvalue weighted by Crippen LogP contribution is 2.32. The van der Waals surface area contributed by atoms with Crippen LogP contribution in [-0.2, 0) is 14.3 Å². The Morgan fingerprint density at radius 3 is 2.81 bits per heavy atom. The summed E-state index contributed by atoms with van der Waals surface area (Å²) in [7, 11) is 1.73. The van der Waals surface area contributed by atoms with Gasteiger partial charge in [0, 0.05) is 19.6 Å². The van der Waals surface area contributed by atoms with Gasteiger partial charge in [-0.3, -0.25) is 4.79 Å². The van der Waals surface area contributed by atoms with Crippen LogP contribution in [0.5, 0.6) is 0 Å². The average molecular weight is 229 g/mol. The molecule has 0 spiro atoms. The van der Waals surface area contributed by atoms with Crippen molar-refractivity contribution in [3.63, 3.8) is 0 Å². The highest BCUT2D eigenvalue weighted by Gasteiger charge is 2.30. The second-order valence-electron chi connectivity index (χ2n) is 4.26. The topological polar surface area (TPSA) is 47.6 Å². The molecule has 0 heterocycles. The molecule has 94 valence electrons. The number of hydrogen-bond donors (Lipinski definition) is 1. The molecule has 4 heteroatoms. The largest absolute Gasteiger partial charge is 0.466 e. The molecule has 1 N–H and O–H groups in total. The van der Waals surface area contributed by atoms with Gasteiger partial charge in [-0.15, -0.1) is 0 Å². The van der Waals surface area contributed by atoms with Gasteiger partial charge in [-0.25, -0.2) is 0 Å². The van der Waals surface area contributed by atoms with Crippen LogP contribution >= 0.6 is 0 Å². The van der Waals surface area contributed by atoms with Crippen molar-refractivity contribution in [2.75, 3.05) is 26.9 Å². The number of methoxy groups -OCH3 is 1. The van der Waals surface area contributed by atoms with Gasteiger partial charge in [-0.05, 0) is 38.6 Å². The first kappa shape index (κ1) is 13.5. The van der Waals surface area contributed by atoms with Crippen LogP contribution in [0, 0.1) is 5.92 Å². The number of carbonyl (C=O) groups excluding carboxylic acids is 1. The molecule has 1 aliphatic carbocycles. The van der Waals surface area contributed by atoms with Crippen LogP contribution in [0.4, 0.5) is 0 Å². The molecule has 16 heavy (non-hydrogen) atoms. The molecule has 1 aliphatic rings. The van der Waals surface area contributed by atoms with E-state index in [-0.39, 0.29) is 5.97 Å². The summed E-state index contributed by atoms with van der Waals surface area (Å²) in [5, 5.41) is 3.45. The van der Waals surface area contributed by atoms with Crippen LogP contribution in [0.25, 0.3) is 0 Å². The number of ether oxygens (including phenoxy) is 2. The SMILES string of the molecule is CCOC(=O)CCCNC(COC)C1CC1. The lowest BCUT2D eigenvalue weighted by Gasteiger charge is -2.16. The van der Waals surface area contributed by atoms with Gasteiger partial charge in [-0.2, -0.15) is 0 Å². The summed E-state index contributed by atoms with van der Waals surface area (Å²) in [6.45, 7) is 3.94. The molecule has 0 aromatic carbocycles. The minimum Gasteiger partial charge on any atom is -0.466 e. The molecule has 0 bridgehead atoms. The van der Waals surface area contributed by atoms with Crippen molar-refractivity contribution in [2.45, 2.75) is 38.6 Å². The monoisotopic (exact) mass is 229 g/mol. The Morgan fingerprint density at radius 1 is 1.50 bits per heavy atom. The predicted molar refractivity (Wildman–Crippen MR) is 62.3 cm³/mol. The first-order valence-corrected chi connectivity index (χ1v) is 6.15. The van der Waals surface area contributed by atoms with Crippen LogP contribution in [0.2, 0.25) is 0 Å². The molecule has 4 nitrogen and oxygen atoms in total. The van der Waals surface area contributed by atoms with Crippen molar-refractivity contribution >= 4 is 5.97 Å². The van der Waals surface area contributed by atoms with Gasteiger partial charge in [0.25, 0.3) is 0 Å². The smallest absolute Gasteiger partial charge is 0.305 e. The van der Waals surface area contributed by atoms with Crippen LogP contribution in [0.3, 0.4) is 0 Å². The molecule has 1 unspecified atom stereocenters. The molecular formula is C12H23NO3. The van der Waals surface area contributed by atoms with E-state index in [9.17, 15) is 4.79 Å². The quantitative estimate of drug-likeness (QED) is 0.479. The summed E-state index contributed by atoms with van der Waals surface area (Å²) >= 11 is 0. The van der Waals surface area contributed by atoms with E-state index in [1.54, 1.807) is 7.11 Å². The molecule has 1 rings (SSSR count). The number of hydrogen-bond acceptors (Lipinski definition) is 4. The zero-order chi connectivity index (χ0) is 11.8. The van der Waals surface area contributed by atoms with Gasteiger partial charge in [0.05, 0.1) is 13.2 Å². The summed E-state index contributed by atoms with van der Waals surface area (Å²) < 4.78 is 10.0. The number of esters is 1. The van der Waals surface area contributed by atoms with Crippen molar-refractivity contribution in [1.29, 1.82) is 0 Å². The number of nitrogens with one attached hydrogen (secondary N) is 1. The van der Waals surface area contributed by atoms with Crippen molar-refractivity contribution in [2.24, 2.45) is 5.92 Å². The van der Waals surface area contributed by atoms with Gasteiger partial charge < -0.3 is 14.8 Å². The molecule has 0 aliphatic heterocycles. The van der Waals surface area contributed by atoms with E-state index in [1.165, 1.54) is 12.8 Å². The van der Waals surface area contributed by atoms with E-state index in [1.807, 2.05) is 6.92 Å². The van der Waals surface area contributed by atoms with Crippen molar-refractivity contribution in [1.82, 2.24) is 5.32 Å². The van der Waals surface area contributed by atoms with Crippen molar-refractivity contribution in [3.8, 4) is 0 Å². The highest BCUT2D eigenvalue weighted by atomic mass is 16.5. The van der Waals surface area contributed by atoms with Gasteiger partial charge in [0.1, 0.15) is 0 Å². The fourth-order valence-electron chi connectivity index (χ4n) is 1.79. The van der Waals surface area contributed by atoms with Crippen LogP contribution < -0.4 is 5.32 Å². The Hall–Kier alpha value is -0.610. The van der Waals surface area contributed by atoms with E-state index < -0.39 is 0 Å². The van der Waals surface area contributed by atoms with E-state index in [0.29, 0.717) is 19.1 Å². The average Bonchev–Trinajstić information content (AvgIpc) is 3.07. The highest BCUT2D eigenvalue weighted by molar-refractivity contribution is 5.69. The summed E-state index contributed by atoms with van der Waals surface area (Å²) in [5.74, 6) is 0.682. The summed E-state index contributed by atoms with van der Waals surface area (Å²) in [4.78, 5) is 11.1. The van der Waals surface area contributed by atoms with E-state index in [0.717, 1.165) is 25.5 Å². The minimum absolute atomic E-state index is 0.0981. The third-order valence-corrected chi connectivity index (χ3v) is 2.81. The Balaban J connectivity index is 2.01. The molecule has 0 aromatic rings. The zero-order valence-electron chi connectivity index (χ0n) is 10.3. The maximum Gasteiger partial charge on any atom is 0.305 e. The maximum absolute atomic E-state index is 11.1. The van der Waals surface area contributed by atoms with Crippen LogP contribution in [-0.4, -0.2) is 38.9 Å². The first-order valence-electron chi connectivity index (χ1n) is 6.15. The normalized spacial score (nSPS) is 17.1. The molecule has 0 saturated heterocycles. The third-order valence-electron chi connectivity index (χ3n) is 2.81. The second-order valence-corrected chi connectivity index (χ2v) is 4.26. The van der Waals surface area contributed by atoms with Crippen molar-refractivity contribution in [3.05, 3.63) is 0 Å². The van der Waals surface area contributed by atoms with Gasteiger partial charge in [-0.1, -0.05) is 0 Å². The lowest BCUT2D eigenvalue weighted by molar-refractivity contribution is -0.143. The van der Waals surface area contributed by atoms with E-state index >= 15 is 0 Å². The second kappa shape index (κ2) is 7.63. The van der Waals surface area contributed by atoms with Gasteiger partial charge in [0.15, 0.2) is 0 Å². The molecule has 1 atom stereocenters. The summed E-state index contributed by atoms with van der Waals surface area (Å²) in [6.07, 6.45) is 3.95. The van der Waals surface area contributed by atoms with Gasteiger partial charge >= 0.3 is 5.97 Å². The number of rotatable bonds is 9. The summed E-state index contributed by atoms with van der Waals surface area (Å²) in [5.41, 5.74) is 0. The lowest BCUT2D eigenvalue weighted by Crippen LogP contribution is -2.36. The standard InChI is InChI=1S/C12H23NO3/c1-3-16-12(14)5-4-8-13-11(9-15-2)10-6-7-10/h10-11,13H,3-9H2,1-2H3.